The van der Waals surface area contributed by atoms with Crippen molar-refractivity contribution in [1.82, 2.24) is 5.32 Å². The Kier molecular flexibility index (Phi) is 8.03. The monoisotopic (exact) mass is 416 g/mol. The minimum atomic E-state index is -1.37. The van der Waals surface area contributed by atoms with Gasteiger partial charge in [-0.3, -0.25) is 4.79 Å². The molecule has 0 spiro atoms. The lowest BCUT2D eigenvalue weighted by Gasteiger charge is -2.20. The molecule has 0 aliphatic rings. The number of fused-ring (bicyclic) bond motifs is 1. The number of carbonyl (C=O) groups excluding carboxylic acids is 2. The second kappa shape index (κ2) is 10.3. The third kappa shape index (κ3) is 5.40. The van der Waals surface area contributed by atoms with Crippen LogP contribution in [0.25, 0.3) is 11.0 Å². The number of carbonyl (C=O) groups is 2. The second-order valence-electron chi connectivity index (χ2n) is 7.68. The average molecular weight is 416 g/mol. The van der Waals surface area contributed by atoms with Gasteiger partial charge < -0.3 is 24.4 Å². The summed E-state index contributed by atoms with van der Waals surface area (Å²) >= 11 is 0. The molecule has 0 aliphatic heterocycles. The topological polar surface area (TPSA) is 109 Å². The highest BCUT2D eigenvalue weighted by molar-refractivity contribution is 5.87. The highest BCUT2D eigenvalue weighted by atomic mass is 16.5. The van der Waals surface area contributed by atoms with E-state index in [-0.39, 0.29) is 5.63 Å². The number of ether oxygens (including phenoxy) is 1. The first-order chi connectivity index (χ1) is 14.2. The van der Waals surface area contributed by atoms with Crippen LogP contribution in [0.5, 0.6) is 5.75 Å². The molecule has 0 saturated heterocycles. The predicted molar refractivity (Wildman–Crippen MR) is 113 cm³/mol. The van der Waals surface area contributed by atoms with Crippen molar-refractivity contribution < 1.29 is 23.8 Å². The number of aryl methyl sites for hydroxylation is 2. The van der Waals surface area contributed by atoms with Crippen molar-refractivity contribution in [2.45, 2.75) is 78.9 Å². The Hall–Kier alpha value is -2.83. The number of aliphatic carboxylic acids is 1. The molecule has 7 nitrogen and oxygen atoms in total. The van der Waals surface area contributed by atoms with E-state index in [1.807, 2.05) is 13.0 Å². The van der Waals surface area contributed by atoms with Gasteiger partial charge >= 0.3 is 5.63 Å². The van der Waals surface area contributed by atoms with Gasteiger partial charge in [-0.05, 0) is 58.2 Å². The Labute approximate surface area is 176 Å². The summed E-state index contributed by atoms with van der Waals surface area (Å²) in [5.41, 5.74) is 2.31. The van der Waals surface area contributed by atoms with Crippen LogP contribution in [0.4, 0.5) is 0 Å². The summed E-state index contributed by atoms with van der Waals surface area (Å²) in [5.74, 6) is -1.56. The standard InChI is InChI=1S/C23H31NO6/c1-6-7-8-9-10-18-13(2)17-11-12-19(14(3)20(17)30-23(18)28)29-16(5)21(25)24-15(4)22(26)27/h11-12,15-16H,6-10H2,1-5H3,(H,24,25)(H,26,27)/p-1/t15-,16-/m0/s1. The number of amides is 1. The fourth-order valence-electron chi connectivity index (χ4n) is 3.35. The van der Waals surface area contributed by atoms with Crippen molar-refractivity contribution in [3.05, 3.63) is 39.2 Å². The zero-order chi connectivity index (χ0) is 22.4. The molecule has 0 bridgehead atoms. The molecule has 1 N–H and O–H groups in total. The third-order valence-electron chi connectivity index (χ3n) is 5.32. The van der Waals surface area contributed by atoms with Crippen LogP contribution in [-0.2, 0) is 16.0 Å². The highest BCUT2D eigenvalue weighted by Gasteiger charge is 2.20. The quantitative estimate of drug-likeness (QED) is 0.471. The molecule has 0 aliphatic carbocycles. The van der Waals surface area contributed by atoms with Gasteiger partial charge in [0.15, 0.2) is 6.10 Å². The van der Waals surface area contributed by atoms with Crippen LogP contribution < -0.4 is 20.8 Å². The van der Waals surface area contributed by atoms with Crippen molar-refractivity contribution >= 4 is 22.8 Å². The summed E-state index contributed by atoms with van der Waals surface area (Å²) in [4.78, 5) is 35.5. The van der Waals surface area contributed by atoms with Crippen molar-refractivity contribution in [2.24, 2.45) is 0 Å². The first-order valence-corrected chi connectivity index (χ1v) is 10.4. The molecule has 0 radical (unpaired) electrons. The van der Waals surface area contributed by atoms with Crippen molar-refractivity contribution in [1.29, 1.82) is 0 Å². The van der Waals surface area contributed by atoms with Gasteiger partial charge in [0.25, 0.3) is 5.91 Å². The van der Waals surface area contributed by atoms with E-state index in [1.165, 1.54) is 13.8 Å². The summed E-state index contributed by atoms with van der Waals surface area (Å²) in [6, 6.07) is 2.43. The van der Waals surface area contributed by atoms with Gasteiger partial charge in [-0.1, -0.05) is 26.2 Å². The summed E-state index contributed by atoms with van der Waals surface area (Å²) < 4.78 is 11.3. The molecule has 30 heavy (non-hydrogen) atoms. The van der Waals surface area contributed by atoms with Crippen LogP contribution >= 0.6 is 0 Å². The summed E-state index contributed by atoms with van der Waals surface area (Å²) in [6.45, 7) is 8.66. The highest BCUT2D eigenvalue weighted by Crippen LogP contribution is 2.30. The third-order valence-corrected chi connectivity index (χ3v) is 5.32. The molecule has 2 rings (SSSR count). The van der Waals surface area contributed by atoms with Crippen LogP contribution in [-0.4, -0.2) is 24.0 Å². The van der Waals surface area contributed by atoms with Crippen molar-refractivity contribution in [3.63, 3.8) is 0 Å². The van der Waals surface area contributed by atoms with Gasteiger partial charge in [-0.25, -0.2) is 4.79 Å². The minimum Gasteiger partial charge on any atom is -0.548 e. The molecule has 0 unspecified atom stereocenters. The van der Waals surface area contributed by atoms with E-state index < -0.39 is 24.0 Å². The number of rotatable bonds is 10. The van der Waals surface area contributed by atoms with Gasteiger partial charge in [-0.2, -0.15) is 0 Å². The van der Waals surface area contributed by atoms with Gasteiger partial charge in [-0.15, -0.1) is 0 Å². The summed E-state index contributed by atoms with van der Waals surface area (Å²) in [7, 11) is 0. The molecular weight excluding hydrogens is 386 g/mol. The van der Waals surface area contributed by atoms with Crippen molar-refractivity contribution in [3.8, 4) is 5.75 Å². The first kappa shape index (κ1) is 23.4. The molecule has 1 aromatic carbocycles. The van der Waals surface area contributed by atoms with E-state index >= 15 is 0 Å². The average Bonchev–Trinajstić information content (AvgIpc) is 2.69. The molecule has 1 heterocycles. The van der Waals surface area contributed by atoms with Gasteiger partial charge in [0.05, 0.1) is 12.0 Å². The SMILES string of the molecule is CCCCCCc1c(C)c2ccc(O[C@@H](C)C(=O)N[C@@H](C)C(=O)[O-])c(C)c2oc1=O. The van der Waals surface area contributed by atoms with Crippen LogP contribution in [0.15, 0.2) is 21.3 Å². The maximum atomic E-state index is 12.6. The Morgan fingerprint density at radius 2 is 1.83 bits per heavy atom. The summed E-state index contributed by atoms with van der Waals surface area (Å²) in [6.07, 6.45) is 4.06. The normalized spacial score (nSPS) is 13.1. The van der Waals surface area contributed by atoms with Crippen molar-refractivity contribution in [2.75, 3.05) is 0 Å². The lowest BCUT2D eigenvalue weighted by molar-refractivity contribution is -0.307. The minimum absolute atomic E-state index is 0.342. The Morgan fingerprint density at radius 3 is 2.47 bits per heavy atom. The lowest BCUT2D eigenvalue weighted by Crippen LogP contribution is -2.49. The Bertz CT molecular complexity index is 978. The molecule has 164 valence electrons. The van der Waals surface area contributed by atoms with Gasteiger partial charge in [0.2, 0.25) is 0 Å². The molecule has 2 aromatic rings. The first-order valence-electron chi connectivity index (χ1n) is 10.4. The molecule has 1 amide bonds. The fourth-order valence-corrected chi connectivity index (χ4v) is 3.35. The number of carboxylic acids is 1. The number of hydrogen-bond acceptors (Lipinski definition) is 6. The molecular formula is C23H30NO6-. The van der Waals surface area contributed by atoms with E-state index in [2.05, 4.69) is 12.2 Å². The number of unbranched alkanes of at least 4 members (excludes halogenated alkanes) is 3. The van der Waals surface area contributed by atoms with E-state index in [4.69, 9.17) is 9.15 Å². The molecule has 0 saturated carbocycles. The molecule has 2 atom stereocenters. The number of nitrogens with one attached hydrogen (secondary N) is 1. The van der Waals surface area contributed by atoms with E-state index in [9.17, 15) is 19.5 Å². The predicted octanol–water partition coefficient (Wildman–Crippen LogP) is 2.55. The zero-order valence-electron chi connectivity index (χ0n) is 18.3. The molecule has 0 fully saturated rings. The van der Waals surface area contributed by atoms with Gasteiger partial charge in [0.1, 0.15) is 11.3 Å². The number of hydrogen-bond donors (Lipinski definition) is 1. The zero-order valence-corrected chi connectivity index (χ0v) is 18.3. The fraction of sp³-hybridized carbons (Fsp3) is 0.522. The largest absolute Gasteiger partial charge is 0.548 e. The number of carboxylic acid groups (broad SMARTS) is 1. The van der Waals surface area contributed by atoms with Crippen LogP contribution in [0, 0.1) is 13.8 Å². The summed E-state index contributed by atoms with van der Waals surface area (Å²) in [5, 5.41) is 13.9. The lowest BCUT2D eigenvalue weighted by atomic mass is 9.99. The van der Waals surface area contributed by atoms with E-state index in [0.717, 1.165) is 36.6 Å². The van der Waals surface area contributed by atoms with Crippen LogP contribution in [0.3, 0.4) is 0 Å². The van der Waals surface area contributed by atoms with E-state index in [0.29, 0.717) is 28.9 Å². The maximum absolute atomic E-state index is 12.6. The van der Waals surface area contributed by atoms with Crippen LogP contribution in [0.2, 0.25) is 0 Å². The Balaban J connectivity index is 2.26. The van der Waals surface area contributed by atoms with Gasteiger partial charge in [0, 0.05) is 16.5 Å². The Morgan fingerprint density at radius 1 is 1.13 bits per heavy atom. The smallest absolute Gasteiger partial charge is 0.339 e. The molecule has 7 heteroatoms. The van der Waals surface area contributed by atoms with E-state index in [1.54, 1.807) is 13.0 Å². The second-order valence-corrected chi connectivity index (χ2v) is 7.68. The molecule has 1 aromatic heterocycles. The number of benzene rings is 1. The van der Waals surface area contributed by atoms with Crippen LogP contribution in [0.1, 0.15) is 63.1 Å². The maximum Gasteiger partial charge on any atom is 0.339 e.